The Morgan fingerprint density at radius 1 is 1.00 bits per heavy atom. The summed E-state index contributed by atoms with van der Waals surface area (Å²) in [4.78, 5) is 9.21. The molecule has 3 rings (SSSR count). The van der Waals surface area contributed by atoms with Crippen LogP contribution in [0, 0.1) is 6.92 Å². The van der Waals surface area contributed by atoms with Gasteiger partial charge in [0.2, 0.25) is 0 Å². The minimum atomic E-state index is 0.801. The number of allylic oxidation sites excluding steroid dienone is 7. The van der Waals surface area contributed by atoms with Crippen molar-refractivity contribution in [1.29, 1.82) is 0 Å². The van der Waals surface area contributed by atoms with Gasteiger partial charge in [-0.2, -0.15) is 0 Å². The van der Waals surface area contributed by atoms with Crippen LogP contribution in [0.5, 0.6) is 0 Å². The highest BCUT2D eigenvalue weighted by atomic mass is 14.9. The van der Waals surface area contributed by atoms with Crippen molar-refractivity contribution in [3.05, 3.63) is 124 Å². The van der Waals surface area contributed by atoms with Crippen molar-refractivity contribution < 1.29 is 0 Å². The van der Waals surface area contributed by atoms with E-state index in [1.165, 1.54) is 22.3 Å². The van der Waals surface area contributed by atoms with E-state index >= 15 is 0 Å². The lowest BCUT2D eigenvalue weighted by molar-refractivity contribution is 0.918. The third kappa shape index (κ3) is 8.99. The summed E-state index contributed by atoms with van der Waals surface area (Å²) in [6.45, 7) is 19.0. The molecule has 0 aliphatic carbocycles. The number of nitrogens with one attached hydrogen (secondary N) is 1. The summed E-state index contributed by atoms with van der Waals surface area (Å²) in [6.07, 6.45) is 11.4. The molecule has 0 spiro atoms. The lowest BCUT2D eigenvalue weighted by Crippen LogP contribution is -2.16. The summed E-state index contributed by atoms with van der Waals surface area (Å²) >= 11 is 0. The van der Waals surface area contributed by atoms with Crippen LogP contribution in [0.4, 0.5) is 5.69 Å². The standard InChI is InChI=1S/C21H26N2.C14H19N/c1-7-8-16(5)18-13-19(17-11-9-15(4)10-12-17)23-21(22-6)20(18)14(2)3;1-4-6-7-12(3)15-14-10-8-13(5-2)9-11-14/h9-13H,5,7-8H2,1-4,6H3;4,6-11,15H,5H2,1-3H3/b;6-4-,12-7+. The predicted molar refractivity (Wildman–Crippen MR) is 170 cm³/mol. The van der Waals surface area contributed by atoms with Gasteiger partial charge in [-0.25, -0.2) is 4.99 Å². The van der Waals surface area contributed by atoms with E-state index in [9.17, 15) is 0 Å². The molecule has 0 radical (unpaired) electrons. The van der Waals surface area contributed by atoms with Crippen LogP contribution in [-0.4, -0.2) is 18.6 Å². The molecule has 1 N–H and O–H groups in total. The summed E-state index contributed by atoms with van der Waals surface area (Å²) in [5, 5.41) is 3.34. The molecule has 0 amide bonds. The zero-order chi connectivity index (χ0) is 28.1. The Kier molecular flexibility index (Phi) is 12.5. The van der Waals surface area contributed by atoms with Crippen LogP contribution in [0.3, 0.4) is 0 Å². The van der Waals surface area contributed by atoms with Crippen LogP contribution in [0.25, 0.3) is 0 Å². The molecule has 1 aliphatic heterocycles. The van der Waals surface area contributed by atoms with Crippen molar-refractivity contribution >= 4 is 17.2 Å². The minimum absolute atomic E-state index is 0.801. The number of nitrogens with zero attached hydrogens (tertiary/aromatic N) is 2. The Morgan fingerprint density at radius 3 is 2.18 bits per heavy atom. The summed E-state index contributed by atoms with van der Waals surface area (Å²) in [6, 6.07) is 17.0. The first-order chi connectivity index (χ1) is 18.2. The number of aliphatic imine (C=N–C) groups is 2. The van der Waals surface area contributed by atoms with Crippen LogP contribution in [0.2, 0.25) is 0 Å². The van der Waals surface area contributed by atoms with E-state index in [2.05, 4.69) is 119 Å². The zero-order valence-electron chi connectivity index (χ0n) is 24.7. The first-order valence-corrected chi connectivity index (χ1v) is 13.6. The van der Waals surface area contributed by atoms with Gasteiger partial charge in [0, 0.05) is 29.6 Å². The molecule has 200 valence electrons. The molecule has 2 aromatic carbocycles. The van der Waals surface area contributed by atoms with E-state index in [1.807, 2.05) is 19.1 Å². The van der Waals surface area contributed by atoms with E-state index < -0.39 is 0 Å². The Labute approximate surface area is 231 Å². The molecular formula is C35H45N3. The number of hydrogen-bond acceptors (Lipinski definition) is 2. The number of amidine groups is 1. The normalized spacial score (nSPS) is 14.6. The zero-order valence-corrected chi connectivity index (χ0v) is 24.7. The Bertz CT molecular complexity index is 1260. The first-order valence-electron chi connectivity index (χ1n) is 13.6. The van der Waals surface area contributed by atoms with Crippen molar-refractivity contribution in [2.75, 3.05) is 12.4 Å². The fraction of sp³-hybridized carbons (Fsp3) is 0.314. The molecular weight excluding hydrogens is 462 g/mol. The molecule has 3 heteroatoms. The number of aryl methyl sites for hydroxylation is 2. The van der Waals surface area contributed by atoms with Gasteiger partial charge in [0.15, 0.2) is 5.84 Å². The molecule has 0 fully saturated rings. The Hall–Kier alpha value is -3.72. The van der Waals surface area contributed by atoms with Gasteiger partial charge in [0.25, 0.3) is 0 Å². The largest absolute Gasteiger partial charge is 0.359 e. The van der Waals surface area contributed by atoms with Gasteiger partial charge in [0.1, 0.15) is 0 Å². The Morgan fingerprint density at radius 2 is 1.66 bits per heavy atom. The van der Waals surface area contributed by atoms with Crippen molar-refractivity contribution in [1.82, 2.24) is 0 Å². The smallest absolute Gasteiger partial charge is 0.155 e. The second-order valence-corrected chi connectivity index (χ2v) is 9.75. The van der Waals surface area contributed by atoms with Crippen molar-refractivity contribution in [3.8, 4) is 0 Å². The van der Waals surface area contributed by atoms with Gasteiger partial charge < -0.3 is 5.32 Å². The maximum atomic E-state index is 4.79. The SMILES string of the molecule is C/C=C\C=C(/C)Nc1ccc(CC)cc1.C=C(CCC)C1=CC(c2ccc(C)cc2)=NC(=NC)C1=C(C)C. The third-order valence-corrected chi connectivity index (χ3v) is 6.23. The van der Waals surface area contributed by atoms with E-state index in [-0.39, 0.29) is 0 Å². The molecule has 0 saturated carbocycles. The lowest BCUT2D eigenvalue weighted by Gasteiger charge is -2.21. The topological polar surface area (TPSA) is 36.8 Å². The van der Waals surface area contributed by atoms with Gasteiger partial charge in [-0.05, 0) is 88.5 Å². The summed E-state index contributed by atoms with van der Waals surface area (Å²) < 4.78 is 0. The predicted octanol–water partition coefficient (Wildman–Crippen LogP) is 9.59. The molecule has 3 nitrogen and oxygen atoms in total. The summed E-state index contributed by atoms with van der Waals surface area (Å²) in [7, 11) is 1.81. The molecule has 1 heterocycles. The maximum absolute atomic E-state index is 4.79. The van der Waals surface area contributed by atoms with Crippen LogP contribution in [0.15, 0.2) is 117 Å². The van der Waals surface area contributed by atoms with Gasteiger partial charge in [-0.15, -0.1) is 0 Å². The fourth-order valence-electron chi connectivity index (χ4n) is 4.11. The van der Waals surface area contributed by atoms with E-state index in [0.717, 1.165) is 58.9 Å². The number of dihydropyridines is 1. The van der Waals surface area contributed by atoms with E-state index in [4.69, 9.17) is 4.99 Å². The number of benzene rings is 2. The lowest BCUT2D eigenvalue weighted by atomic mass is 9.88. The maximum Gasteiger partial charge on any atom is 0.155 e. The Balaban J connectivity index is 0.000000293. The third-order valence-electron chi connectivity index (χ3n) is 6.23. The van der Waals surface area contributed by atoms with E-state index in [1.54, 1.807) is 7.05 Å². The molecule has 38 heavy (non-hydrogen) atoms. The van der Waals surface area contributed by atoms with Crippen molar-refractivity contribution in [2.24, 2.45) is 9.98 Å². The number of rotatable bonds is 8. The molecule has 0 bridgehead atoms. The van der Waals surface area contributed by atoms with Crippen molar-refractivity contribution in [2.45, 2.75) is 67.7 Å². The second-order valence-electron chi connectivity index (χ2n) is 9.75. The number of anilines is 1. The monoisotopic (exact) mass is 507 g/mol. The van der Waals surface area contributed by atoms with Crippen LogP contribution in [0.1, 0.15) is 71.1 Å². The highest BCUT2D eigenvalue weighted by Crippen LogP contribution is 2.30. The van der Waals surface area contributed by atoms with Crippen LogP contribution >= 0.6 is 0 Å². The number of hydrogen-bond donors (Lipinski definition) is 1. The molecule has 0 saturated heterocycles. The highest BCUT2D eigenvalue weighted by Gasteiger charge is 2.21. The minimum Gasteiger partial charge on any atom is -0.359 e. The first kappa shape index (κ1) is 30.5. The molecule has 1 aliphatic rings. The molecule has 0 unspecified atom stereocenters. The van der Waals surface area contributed by atoms with Gasteiger partial charge in [-0.3, -0.25) is 4.99 Å². The molecule has 0 atom stereocenters. The average Bonchev–Trinajstić information content (AvgIpc) is 2.92. The summed E-state index contributed by atoms with van der Waals surface area (Å²) in [5.41, 5.74) is 11.7. The van der Waals surface area contributed by atoms with Crippen molar-refractivity contribution in [3.63, 3.8) is 0 Å². The van der Waals surface area contributed by atoms with Gasteiger partial charge in [-0.1, -0.05) is 86.5 Å². The molecule has 0 aromatic heterocycles. The summed E-state index contributed by atoms with van der Waals surface area (Å²) in [5.74, 6) is 0.801. The van der Waals surface area contributed by atoms with Gasteiger partial charge >= 0.3 is 0 Å². The molecule has 2 aromatic rings. The second kappa shape index (κ2) is 15.5. The quantitative estimate of drug-likeness (QED) is 0.355. The average molecular weight is 508 g/mol. The van der Waals surface area contributed by atoms with Crippen LogP contribution < -0.4 is 5.32 Å². The van der Waals surface area contributed by atoms with E-state index in [0.29, 0.717) is 0 Å². The highest BCUT2D eigenvalue weighted by molar-refractivity contribution is 6.22. The van der Waals surface area contributed by atoms with Crippen LogP contribution in [-0.2, 0) is 6.42 Å². The fourth-order valence-corrected chi connectivity index (χ4v) is 4.11. The van der Waals surface area contributed by atoms with Gasteiger partial charge in [0.05, 0.1) is 5.71 Å².